The van der Waals surface area contributed by atoms with E-state index < -0.39 is 6.10 Å². The van der Waals surface area contributed by atoms with Gasteiger partial charge in [0.1, 0.15) is 0 Å². The van der Waals surface area contributed by atoms with Crippen molar-refractivity contribution in [3.05, 3.63) is 17.0 Å². The zero-order valence-corrected chi connectivity index (χ0v) is 12.9. The molecule has 7 heteroatoms. The lowest BCUT2D eigenvalue weighted by Crippen LogP contribution is -2.29. The average molecular weight is 304 g/mol. The number of ether oxygens (including phenoxy) is 1. The highest BCUT2D eigenvalue weighted by atomic mass is 35.5. The zero-order valence-electron chi connectivity index (χ0n) is 12.1. The molecule has 0 aliphatic heterocycles. The van der Waals surface area contributed by atoms with E-state index in [-0.39, 0.29) is 12.5 Å². The van der Waals surface area contributed by atoms with Gasteiger partial charge in [0.15, 0.2) is 0 Å². The minimum absolute atomic E-state index is 0.176. The van der Waals surface area contributed by atoms with Gasteiger partial charge in [0.2, 0.25) is 0 Å². The lowest BCUT2D eigenvalue weighted by atomic mass is 10.2. The third-order valence-electron chi connectivity index (χ3n) is 3.03. The number of nitrogens with zero attached hydrogens (tertiary/aromatic N) is 2. The first-order valence-electron chi connectivity index (χ1n) is 6.56. The summed E-state index contributed by atoms with van der Waals surface area (Å²) in [5.41, 5.74) is 2.07. The molecule has 0 saturated heterocycles. The number of hydrogen-bond donors (Lipinski definition) is 2. The van der Waals surface area contributed by atoms with Crippen molar-refractivity contribution in [1.82, 2.24) is 15.1 Å². The van der Waals surface area contributed by atoms with E-state index >= 15 is 0 Å². The van der Waals surface area contributed by atoms with Gasteiger partial charge in [0, 0.05) is 25.2 Å². The van der Waals surface area contributed by atoms with Crippen LogP contribution >= 0.6 is 11.6 Å². The molecule has 1 atom stereocenters. The van der Waals surface area contributed by atoms with Crippen molar-refractivity contribution in [1.29, 1.82) is 0 Å². The first-order valence-corrected chi connectivity index (χ1v) is 7.09. The number of nitrogens with one attached hydrogen (secondary N) is 1. The van der Waals surface area contributed by atoms with Crippen molar-refractivity contribution in [2.45, 2.75) is 32.9 Å². The molecule has 2 N–H and O–H groups in total. The standard InChI is InChI=1S/C13H22ClN3O3/c1-9-12(10(2)17(16-9)7-5-14)13(19)15-6-4-11(18)8-20-3/h11,18H,4-8H2,1-3H3,(H,15,19). The van der Waals surface area contributed by atoms with Gasteiger partial charge >= 0.3 is 0 Å². The third-order valence-corrected chi connectivity index (χ3v) is 3.20. The highest BCUT2D eigenvalue weighted by molar-refractivity contribution is 6.17. The molecule has 6 nitrogen and oxygen atoms in total. The molecule has 0 fully saturated rings. The Kier molecular flexibility index (Phi) is 6.98. The van der Waals surface area contributed by atoms with Crippen LogP contribution in [0.15, 0.2) is 0 Å². The Morgan fingerprint density at radius 1 is 1.55 bits per heavy atom. The number of rotatable bonds is 8. The van der Waals surface area contributed by atoms with Gasteiger partial charge in [-0.05, 0) is 20.3 Å². The number of carbonyl (C=O) groups excluding carboxylic acids is 1. The molecule has 114 valence electrons. The van der Waals surface area contributed by atoms with Gasteiger partial charge in [-0.2, -0.15) is 5.10 Å². The van der Waals surface area contributed by atoms with Gasteiger partial charge in [-0.25, -0.2) is 0 Å². The first kappa shape index (κ1) is 16.9. The van der Waals surface area contributed by atoms with Gasteiger partial charge in [-0.1, -0.05) is 0 Å². The molecule has 0 bridgehead atoms. The number of hydrogen-bond acceptors (Lipinski definition) is 4. The summed E-state index contributed by atoms with van der Waals surface area (Å²) in [6, 6.07) is 0. The summed E-state index contributed by atoms with van der Waals surface area (Å²) >= 11 is 5.70. The number of methoxy groups -OCH3 is 1. The Morgan fingerprint density at radius 3 is 2.85 bits per heavy atom. The lowest BCUT2D eigenvalue weighted by molar-refractivity contribution is 0.0587. The summed E-state index contributed by atoms with van der Waals surface area (Å²) < 4.78 is 6.56. The predicted octanol–water partition coefficient (Wildman–Crippen LogP) is 0.866. The molecule has 1 aromatic rings. The highest BCUT2D eigenvalue weighted by Gasteiger charge is 2.18. The summed E-state index contributed by atoms with van der Waals surface area (Å²) in [6.45, 7) is 4.88. The molecule has 0 aliphatic carbocycles. The molecule has 1 rings (SSSR count). The first-order chi connectivity index (χ1) is 9.51. The molecule has 0 aliphatic rings. The molecule has 1 aromatic heterocycles. The molecular formula is C13H22ClN3O3. The van der Waals surface area contributed by atoms with E-state index in [1.165, 1.54) is 7.11 Å². The number of aryl methyl sites for hydroxylation is 2. The van der Waals surface area contributed by atoms with Crippen LogP contribution in [0.1, 0.15) is 28.2 Å². The fourth-order valence-electron chi connectivity index (χ4n) is 2.04. The topological polar surface area (TPSA) is 76.4 Å². The largest absolute Gasteiger partial charge is 0.391 e. The molecule has 0 radical (unpaired) electrons. The molecular weight excluding hydrogens is 282 g/mol. The van der Waals surface area contributed by atoms with Gasteiger partial charge in [0.25, 0.3) is 5.91 Å². The Labute approximate surface area is 124 Å². The normalized spacial score (nSPS) is 12.4. The van der Waals surface area contributed by atoms with Crippen LogP contribution in [0.2, 0.25) is 0 Å². The molecule has 1 heterocycles. The van der Waals surface area contributed by atoms with E-state index in [2.05, 4.69) is 10.4 Å². The summed E-state index contributed by atoms with van der Waals surface area (Å²) in [5, 5.41) is 16.6. The quantitative estimate of drug-likeness (QED) is 0.699. The van der Waals surface area contributed by atoms with Crippen molar-refractivity contribution >= 4 is 17.5 Å². The van der Waals surface area contributed by atoms with E-state index in [0.29, 0.717) is 36.6 Å². The van der Waals surface area contributed by atoms with Crippen molar-refractivity contribution in [3.63, 3.8) is 0 Å². The van der Waals surface area contributed by atoms with Crippen molar-refractivity contribution < 1.29 is 14.6 Å². The molecule has 0 aromatic carbocycles. The SMILES string of the molecule is COCC(O)CCNC(=O)c1c(C)nn(CCCl)c1C. The lowest BCUT2D eigenvalue weighted by Gasteiger charge is -2.10. The maximum absolute atomic E-state index is 12.1. The average Bonchev–Trinajstić information content (AvgIpc) is 2.65. The van der Waals surface area contributed by atoms with Gasteiger partial charge in [0.05, 0.1) is 30.5 Å². The summed E-state index contributed by atoms with van der Waals surface area (Å²) in [7, 11) is 1.53. The van der Waals surface area contributed by atoms with E-state index in [1.807, 2.05) is 6.92 Å². The molecule has 0 spiro atoms. The van der Waals surface area contributed by atoms with Crippen LogP contribution in [0.25, 0.3) is 0 Å². The number of halogens is 1. The zero-order chi connectivity index (χ0) is 15.1. The van der Waals surface area contributed by atoms with Gasteiger partial charge in [-0.3, -0.25) is 9.48 Å². The molecule has 20 heavy (non-hydrogen) atoms. The second-order valence-corrected chi connectivity index (χ2v) is 4.99. The van der Waals surface area contributed by atoms with Crippen molar-refractivity contribution in [2.24, 2.45) is 0 Å². The van der Waals surface area contributed by atoms with Gasteiger partial charge in [-0.15, -0.1) is 11.6 Å². The molecule has 1 unspecified atom stereocenters. The number of aliphatic hydroxyl groups is 1. The van der Waals surface area contributed by atoms with E-state index in [4.69, 9.17) is 16.3 Å². The fourth-order valence-corrected chi connectivity index (χ4v) is 2.20. The van der Waals surface area contributed by atoms with Crippen LogP contribution in [0.3, 0.4) is 0 Å². The minimum Gasteiger partial charge on any atom is -0.391 e. The van der Waals surface area contributed by atoms with Crippen molar-refractivity contribution in [3.8, 4) is 0 Å². The summed E-state index contributed by atoms with van der Waals surface area (Å²) in [6.07, 6.45) is -0.116. The Balaban J connectivity index is 2.59. The van der Waals surface area contributed by atoms with Crippen LogP contribution in [0, 0.1) is 13.8 Å². The molecule has 1 amide bonds. The number of aromatic nitrogens is 2. The Morgan fingerprint density at radius 2 is 2.25 bits per heavy atom. The third kappa shape index (κ3) is 4.47. The molecule has 0 saturated carbocycles. The summed E-state index contributed by atoms with van der Waals surface area (Å²) in [4.78, 5) is 12.1. The van der Waals surface area contributed by atoms with Gasteiger partial charge < -0.3 is 15.2 Å². The smallest absolute Gasteiger partial charge is 0.255 e. The van der Waals surface area contributed by atoms with Crippen LogP contribution in [-0.2, 0) is 11.3 Å². The summed E-state index contributed by atoms with van der Waals surface area (Å²) in [5.74, 6) is 0.275. The maximum atomic E-state index is 12.1. The van der Waals surface area contributed by atoms with E-state index in [9.17, 15) is 9.90 Å². The monoisotopic (exact) mass is 303 g/mol. The Bertz CT molecular complexity index is 448. The highest BCUT2D eigenvalue weighted by Crippen LogP contribution is 2.13. The number of alkyl halides is 1. The second-order valence-electron chi connectivity index (χ2n) is 4.61. The number of amides is 1. The fraction of sp³-hybridized carbons (Fsp3) is 0.692. The predicted molar refractivity (Wildman–Crippen MR) is 77.3 cm³/mol. The number of aliphatic hydroxyl groups excluding tert-OH is 1. The Hall–Kier alpha value is -1.11. The van der Waals surface area contributed by atoms with Crippen molar-refractivity contribution in [2.75, 3.05) is 26.1 Å². The van der Waals surface area contributed by atoms with E-state index in [1.54, 1.807) is 11.6 Å². The second kappa shape index (κ2) is 8.24. The van der Waals surface area contributed by atoms with E-state index in [0.717, 1.165) is 5.69 Å². The minimum atomic E-state index is -0.568. The number of carbonyl (C=O) groups is 1. The van der Waals surface area contributed by atoms with Crippen LogP contribution in [0.5, 0.6) is 0 Å². The van der Waals surface area contributed by atoms with Crippen LogP contribution in [-0.4, -0.2) is 53.0 Å². The maximum Gasteiger partial charge on any atom is 0.255 e. The van der Waals surface area contributed by atoms with Crippen LogP contribution < -0.4 is 5.32 Å². The van der Waals surface area contributed by atoms with Crippen LogP contribution in [0.4, 0.5) is 0 Å².